The molecule has 6 heteroatoms. The number of hydrogen-bond acceptors (Lipinski definition) is 3. The molecule has 1 atom stereocenters. The highest BCUT2D eigenvalue weighted by Gasteiger charge is 2.20. The van der Waals surface area contributed by atoms with Crippen LogP contribution in [0.2, 0.25) is 0 Å². The molecule has 0 bridgehead atoms. The van der Waals surface area contributed by atoms with Gasteiger partial charge >= 0.3 is 0 Å². The Bertz CT molecular complexity index is 689. The number of hydrogen-bond donors (Lipinski definition) is 3. The molecule has 2 aromatic rings. The maximum absolute atomic E-state index is 12.4. The van der Waals surface area contributed by atoms with E-state index in [9.17, 15) is 9.59 Å². The summed E-state index contributed by atoms with van der Waals surface area (Å²) < 4.78 is 1.77. The summed E-state index contributed by atoms with van der Waals surface area (Å²) in [5.41, 5.74) is 3.44. The number of carbonyl (C=O) groups is 2. The number of benzene rings is 1. The number of rotatable bonds is 5. The van der Waals surface area contributed by atoms with Gasteiger partial charge in [-0.1, -0.05) is 26.0 Å². The molecule has 0 saturated heterocycles. The molecule has 1 aromatic heterocycles. The molecule has 2 amide bonds. The quantitative estimate of drug-likeness (QED) is 0.584. The van der Waals surface area contributed by atoms with Crippen LogP contribution in [0.4, 0.5) is 0 Å². The third-order valence-corrected chi connectivity index (χ3v) is 3.76. The standard InChI is InChI=1S/C17H21N3O3/c1-11(2)15(18-17(22)14-5-4-10-20(14)3)12-6-8-13(9-7-12)16(21)19-23/h4-11,15,23H,1-3H3,(H,18,22)(H,19,21). The summed E-state index contributed by atoms with van der Waals surface area (Å²) in [6, 6.07) is 10.2. The van der Waals surface area contributed by atoms with Gasteiger partial charge in [0.15, 0.2) is 0 Å². The molecule has 2 rings (SSSR count). The molecule has 1 unspecified atom stereocenters. The summed E-state index contributed by atoms with van der Waals surface area (Å²) in [5, 5.41) is 11.7. The van der Waals surface area contributed by atoms with Gasteiger partial charge in [0.25, 0.3) is 11.8 Å². The predicted molar refractivity (Wildman–Crippen MR) is 86.2 cm³/mol. The highest BCUT2D eigenvalue weighted by molar-refractivity contribution is 5.94. The first-order valence-electron chi connectivity index (χ1n) is 7.40. The van der Waals surface area contributed by atoms with Crippen molar-refractivity contribution in [3.05, 3.63) is 59.4 Å². The van der Waals surface area contributed by atoms with Crippen molar-refractivity contribution < 1.29 is 14.8 Å². The van der Waals surface area contributed by atoms with Crippen LogP contribution in [0.15, 0.2) is 42.6 Å². The van der Waals surface area contributed by atoms with E-state index in [1.165, 1.54) is 0 Å². The summed E-state index contributed by atoms with van der Waals surface area (Å²) in [7, 11) is 1.82. The van der Waals surface area contributed by atoms with Crippen molar-refractivity contribution in [2.45, 2.75) is 19.9 Å². The highest BCUT2D eigenvalue weighted by Crippen LogP contribution is 2.22. The summed E-state index contributed by atoms with van der Waals surface area (Å²) in [6.07, 6.45) is 1.82. The van der Waals surface area contributed by atoms with E-state index in [-0.39, 0.29) is 17.9 Å². The van der Waals surface area contributed by atoms with Gasteiger partial charge < -0.3 is 9.88 Å². The van der Waals surface area contributed by atoms with Crippen LogP contribution in [0, 0.1) is 5.92 Å². The van der Waals surface area contributed by atoms with Crippen molar-refractivity contribution in [2.24, 2.45) is 13.0 Å². The van der Waals surface area contributed by atoms with Crippen molar-refractivity contribution >= 4 is 11.8 Å². The summed E-state index contributed by atoms with van der Waals surface area (Å²) in [5.74, 6) is -0.532. The lowest BCUT2D eigenvalue weighted by atomic mass is 9.95. The minimum absolute atomic E-state index is 0.145. The number of nitrogens with zero attached hydrogens (tertiary/aromatic N) is 1. The largest absolute Gasteiger partial charge is 0.347 e. The number of carbonyl (C=O) groups excluding carboxylic acids is 2. The van der Waals surface area contributed by atoms with Gasteiger partial charge in [-0.2, -0.15) is 0 Å². The van der Waals surface area contributed by atoms with Crippen LogP contribution in [0.25, 0.3) is 0 Å². The maximum Gasteiger partial charge on any atom is 0.274 e. The minimum Gasteiger partial charge on any atom is -0.347 e. The smallest absolute Gasteiger partial charge is 0.274 e. The zero-order valence-corrected chi connectivity index (χ0v) is 13.4. The van der Waals surface area contributed by atoms with Crippen LogP contribution in [0.5, 0.6) is 0 Å². The van der Waals surface area contributed by atoms with E-state index in [1.54, 1.807) is 40.4 Å². The molecule has 6 nitrogen and oxygen atoms in total. The maximum atomic E-state index is 12.4. The topological polar surface area (TPSA) is 83.4 Å². The first-order valence-corrected chi connectivity index (χ1v) is 7.40. The number of amides is 2. The summed E-state index contributed by atoms with van der Waals surface area (Å²) in [4.78, 5) is 23.8. The molecule has 122 valence electrons. The van der Waals surface area contributed by atoms with Crippen LogP contribution in [0.1, 0.15) is 46.3 Å². The molecule has 0 aliphatic carbocycles. The molecule has 0 aliphatic heterocycles. The van der Waals surface area contributed by atoms with Crippen LogP contribution in [0.3, 0.4) is 0 Å². The second kappa shape index (κ2) is 7.11. The molecule has 1 heterocycles. The minimum atomic E-state index is -0.564. The lowest BCUT2D eigenvalue weighted by molar-refractivity contribution is 0.0706. The van der Waals surface area contributed by atoms with Crippen molar-refractivity contribution in [3.63, 3.8) is 0 Å². The van der Waals surface area contributed by atoms with Gasteiger partial charge in [0, 0.05) is 18.8 Å². The van der Waals surface area contributed by atoms with Crippen molar-refractivity contribution in [1.29, 1.82) is 0 Å². The Labute approximate surface area is 135 Å². The third kappa shape index (κ3) is 3.78. The predicted octanol–water partition coefficient (Wildman–Crippen LogP) is 2.27. The summed E-state index contributed by atoms with van der Waals surface area (Å²) >= 11 is 0. The highest BCUT2D eigenvalue weighted by atomic mass is 16.5. The lowest BCUT2D eigenvalue weighted by Crippen LogP contribution is -2.32. The Kier molecular flexibility index (Phi) is 5.18. The Balaban J connectivity index is 2.20. The first-order chi connectivity index (χ1) is 10.9. The van der Waals surface area contributed by atoms with Crippen molar-refractivity contribution in [2.75, 3.05) is 0 Å². The molecule has 23 heavy (non-hydrogen) atoms. The van der Waals surface area contributed by atoms with Crippen LogP contribution in [-0.2, 0) is 7.05 Å². The van der Waals surface area contributed by atoms with E-state index >= 15 is 0 Å². The fourth-order valence-electron chi connectivity index (χ4n) is 2.45. The molecule has 0 saturated carbocycles. The Morgan fingerprint density at radius 1 is 1.09 bits per heavy atom. The van der Waals surface area contributed by atoms with E-state index in [2.05, 4.69) is 5.32 Å². The molecular formula is C17H21N3O3. The molecule has 3 N–H and O–H groups in total. The fourth-order valence-corrected chi connectivity index (χ4v) is 2.45. The Morgan fingerprint density at radius 3 is 2.22 bits per heavy atom. The van der Waals surface area contributed by atoms with Crippen molar-refractivity contribution in [3.8, 4) is 0 Å². The van der Waals surface area contributed by atoms with E-state index in [0.29, 0.717) is 11.3 Å². The van der Waals surface area contributed by atoms with Gasteiger partial charge in [-0.25, -0.2) is 5.48 Å². The van der Waals surface area contributed by atoms with E-state index in [1.807, 2.05) is 33.2 Å². The summed E-state index contributed by atoms with van der Waals surface area (Å²) in [6.45, 7) is 4.04. The number of hydroxylamine groups is 1. The Morgan fingerprint density at radius 2 is 1.74 bits per heavy atom. The fraction of sp³-hybridized carbons (Fsp3) is 0.294. The van der Waals surface area contributed by atoms with Gasteiger partial charge in [-0.3, -0.25) is 14.8 Å². The SMILES string of the molecule is CC(C)C(NC(=O)c1cccn1C)c1ccc(C(=O)NO)cc1. The van der Waals surface area contributed by atoms with Gasteiger partial charge in [0.05, 0.1) is 6.04 Å². The molecule has 0 radical (unpaired) electrons. The zero-order valence-electron chi connectivity index (χ0n) is 13.4. The second-order valence-corrected chi connectivity index (χ2v) is 5.76. The average molecular weight is 315 g/mol. The van der Waals surface area contributed by atoms with Crippen molar-refractivity contribution in [1.82, 2.24) is 15.4 Å². The van der Waals surface area contributed by atoms with Crippen LogP contribution < -0.4 is 10.8 Å². The van der Waals surface area contributed by atoms with Gasteiger partial charge in [-0.15, -0.1) is 0 Å². The number of aryl methyl sites for hydroxylation is 1. The molecule has 0 fully saturated rings. The van der Waals surface area contributed by atoms with Crippen LogP contribution >= 0.6 is 0 Å². The molecule has 0 aliphatic rings. The average Bonchev–Trinajstić information content (AvgIpc) is 2.97. The normalized spacial score (nSPS) is 12.0. The molecule has 0 spiro atoms. The van der Waals surface area contributed by atoms with E-state index < -0.39 is 5.91 Å². The monoisotopic (exact) mass is 315 g/mol. The van der Waals surface area contributed by atoms with Crippen LogP contribution in [-0.4, -0.2) is 21.6 Å². The van der Waals surface area contributed by atoms with Gasteiger partial charge in [0.2, 0.25) is 0 Å². The molecule has 1 aromatic carbocycles. The number of nitrogens with one attached hydrogen (secondary N) is 2. The van der Waals surface area contributed by atoms with Gasteiger partial charge in [-0.05, 0) is 35.7 Å². The number of aromatic nitrogens is 1. The van der Waals surface area contributed by atoms with Gasteiger partial charge in [0.1, 0.15) is 5.69 Å². The first kappa shape index (κ1) is 16.8. The Hall–Kier alpha value is -2.60. The van der Waals surface area contributed by atoms with E-state index in [0.717, 1.165) is 5.56 Å². The zero-order chi connectivity index (χ0) is 17.0. The molecular weight excluding hydrogens is 294 g/mol. The lowest BCUT2D eigenvalue weighted by Gasteiger charge is -2.23. The second-order valence-electron chi connectivity index (χ2n) is 5.76. The van der Waals surface area contributed by atoms with E-state index in [4.69, 9.17) is 5.21 Å². The third-order valence-electron chi connectivity index (χ3n) is 3.76.